The Hall–Kier alpha value is 0.530. The molecule has 6 heavy (non-hydrogen) atoms. The molecule has 3 heteroatoms. The summed E-state index contributed by atoms with van der Waals surface area (Å²) in [6.45, 7) is 0. The summed E-state index contributed by atoms with van der Waals surface area (Å²) in [6.07, 6.45) is 1.96. The summed E-state index contributed by atoms with van der Waals surface area (Å²) in [5.41, 5.74) is 0. The molecule has 0 radical (unpaired) electrons. The van der Waals surface area contributed by atoms with Crippen molar-refractivity contribution >= 4 is 28.4 Å². The average Bonchev–Trinajstić information content (AvgIpc) is 1.65. The van der Waals surface area contributed by atoms with Crippen molar-refractivity contribution in [3.05, 3.63) is 0 Å². The first-order valence-corrected chi connectivity index (χ1v) is 3.30. The van der Waals surface area contributed by atoms with Crippen molar-refractivity contribution < 1.29 is 4.74 Å². The van der Waals surface area contributed by atoms with Gasteiger partial charge in [-0.25, -0.2) is 0 Å². The predicted molar refractivity (Wildman–Crippen MR) is 35.9 cm³/mol. The van der Waals surface area contributed by atoms with E-state index in [2.05, 4.69) is 17.4 Å². The van der Waals surface area contributed by atoms with E-state index in [-0.39, 0.29) is 0 Å². The highest BCUT2D eigenvalue weighted by molar-refractivity contribution is 8.17. The number of hydrogen-bond donors (Lipinski definition) is 2. The molecule has 0 aliphatic carbocycles. The van der Waals surface area contributed by atoms with Crippen molar-refractivity contribution in [3.8, 4) is 0 Å². The summed E-state index contributed by atoms with van der Waals surface area (Å²) in [6, 6.07) is 0. The molecular formula is C3H8OS2. The van der Waals surface area contributed by atoms with E-state index in [1.165, 1.54) is 0 Å². The zero-order valence-electron chi connectivity index (χ0n) is 3.80. The van der Waals surface area contributed by atoms with Crippen LogP contribution in [0.15, 0.2) is 0 Å². The maximum Gasteiger partial charge on any atom is 0.127 e. The summed E-state index contributed by atoms with van der Waals surface area (Å²) in [5, 5.41) is 0. The number of methoxy groups -OCH3 is 1. The van der Waals surface area contributed by atoms with E-state index in [0.29, 0.717) is 0 Å². The van der Waals surface area contributed by atoms with E-state index in [1.54, 1.807) is 7.11 Å². The van der Waals surface area contributed by atoms with Gasteiger partial charge in [0.1, 0.15) is 4.38 Å². The van der Waals surface area contributed by atoms with Crippen molar-refractivity contribution in [2.45, 2.75) is 0 Å². The van der Waals surface area contributed by atoms with Gasteiger partial charge in [0.25, 0.3) is 0 Å². The second-order valence-electron chi connectivity index (χ2n) is 0.710. The van der Waals surface area contributed by atoms with E-state index in [4.69, 9.17) is 0 Å². The van der Waals surface area contributed by atoms with Gasteiger partial charge in [-0.2, -0.15) is 11.4 Å². The van der Waals surface area contributed by atoms with E-state index < -0.39 is 0 Å². The second kappa shape index (κ2) is 3.71. The molecule has 0 spiro atoms. The van der Waals surface area contributed by atoms with Crippen LogP contribution in [-0.4, -0.2) is 17.7 Å². The van der Waals surface area contributed by atoms with Gasteiger partial charge in [-0.1, -0.05) is 0 Å². The molecule has 0 aromatic carbocycles. The minimum absolute atomic E-state index is 0.759. The SMILES string of the molecule is COC(S)=[SH]C. The van der Waals surface area contributed by atoms with Crippen LogP contribution in [0.25, 0.3) is 0 Å². The standard InChI is InChI=1S/C3H8OS2/c1-4-3(5)6-2/h5-6H,1-2H3. The molecule has 0 saturated heterocycles. The highest BCUT2D eigenvalue weighted by atomic mass is 32.2. The van der Waals surface area contributed by atoms with Crippen LogP contribution in [-0.2, 0) is 4.74 Å². The van der Waals surface area contributed by atoms with Crippen LogP contribution in [0.3, 0.4) is 0 Å². The number of hydrogen-bond acceptors (Lipinski definition) is 1. The molecule has 0 N–H and O–H groups in total. The Labute approximate surface area is 47.1 Å². The monoisotopic (exact) mass is 124 g/mol. The van der Waals surface area contributed by atoms with E-state index in [0.717, 1.165) is 15.7 Å². The number of rotatable bonds is 0. The molecule has 0 atom stereocenters. The summed E-state index contributed by atoms with van der Waals surface area (Å²) in [4.78, 5) is 0. The molecule has 1 nitrogen and oxygen atoms in total. The molecule has 0 aliphatic rings. The topological polar surface area (TPSA) is 9.23 Å². The van der Waals surface area contributed by atoms with E-state index in [9.17, 15) is 0 Å². The molecule has 0 aromatic heterocycles. The Morgan fingerprint density at radius 2 is 2.33 bits per heavy atom. The van der Waals surface area contributed by atoms with Gasteiger partial charge in [0.05, 0.1) is 0 Å². The molecule has 0 aliphatic heterocycles. The Bertz CT molecular complexity index is 59.8. The number of thiol groups is 2. The zero-order chi connectivity index (χ0) is 4.99. The highest BCUT2D eigenvalue weighted by Crippen LogP contribution is 1.88. The first-order chi connectivity index (χ1) is 2.81. The van der Waals surface area contributed by atoms with Crippen molar-refractivity contribution in [1.29, 1.82) is 0 Å². The molecule has 0 saturated carbocycles. The normalized spacial score (nSPS) is 13.5. The van der Waals surface area contributed by atoms with Crippen LogP contribution < -0.4 is 0 Å². The fraction of sp³-hybridized carbons (Fsp3) is 0.667. The lowest BCUT2D eigenvalue weighted by Crippen LogP contribution is -1.83. The Morgan fingerprint density at radius 3 is 2.33 bits per heavy atom. The first-order valence-electron chi connectivity index (χ1n) is 1.51. The minimum atomic E-state index is 0.759. The van der Waals surface area contributed by atoms with Gasteiger partial charge in [-0.15, -0.1) is 12.6 Å². The lowest BCUT2D eigenvalue weighted by Gasteiger charge is -1.87. The summed E-state index contributed by atoms with van der Waals surface area (Å²) in [5.74, 6) is 0. The third kappa shape index (κ3) is 2.75. The van der Waals surface area contributed by atoms with Gasteiger partial charge in [0, 0.05) is 7.11 Å². The van der Waals surface area contributed by atoms with E-state index >= 15 is 0 Å². The smallest absolute Gasteiger partial charge is 0.127 e. The molecule has 0 rings (SSSR count). The third-order valence-corrected chi connectivity index (χ3v) is 1.72. The van der Waals surface area contributed by atoms with E-state index in [1.807, 2.05) is 6.26 Å². The maximum atomic E-state index is 4.67. The lowest BCUT2D eigenvalue weighted by atomic mass is 11.5. The van der Waals surface area contributed by atoms with Crippen molar-refractivity contribution in [2.75, 3.05) is 13.4 Å². The molecule has 0 aromatic rings. The van der Waals surface area contributed by atoms with Crippen LogP contribution in [0.2, 0.25) is 0 Å². The molecule has 0 fully saturated rings. The Balaban J connectivity index is 3.22. The predicted octanol–water partition coefficient (Wildman–Crippen LogP) is 0.745. The average molecular weight is 124 g/mol. The molecule has 0 heterocycles. The fourth-order valence-electron chi connectivity index (χ4n) is 0.0913. The summed E-state index contributed by atoms with van der Waals surface area (Å²) >= 11 is 5.00. The molecule has 38 valence electrons. The third-order valence-electron chi connectivity index (χ3n) is 0.374. The van der Waals surface area contributed by atoms with Crippen molar-refractivity contribution in [1.82, 2.24) is 0 Å². The van der Waals surface area contributed by atoms with Crippen LogP contribution in [0, 0.1) is 0 Å². The quantitative estimate of drug-likeness (QED) is 0.358. The van der Waals surface area contributed by atoms with Gasteiger partial charge in [-0.05, 0) is 6.26 Å². The van der Waals surface area contributed by atoms with Gasteiger partial charge in [-0.3, -0.25) is 0 Å². The van der Waals surface area contributed by atoms with Crippen molar-refractivity contribution in [3.63, 3.8) is 0 Å². The van der Waals surface area contributed by atoms with Crippen LogP contribution in [0.1, 0.15) is 0 Å². The fourth-order valence-corrected chi connectivity index (χ4v) is 0.274. The molecule has 0 unspecified atom stereocenters. The minimum Gasteiger partial charge on any atom is -0.338 e. The van der Waals surface area contributed by atoms with Crippen LogP contribution in [0.4, 0.5) is 0 Å². The lowest BCUT2D eigenvalue weighted by molar-refractivity contribution is 0.426. The highest BCUT2D eigenvalue weighted by Gasteiger charge is 1.73. The van der Waals surface area contributed by atoms with Crippen molar-refractivity contribution in [2.24, 2.45) is 0 Å². The van der Waals surface area contributed by atoms with Crippen LogP contribution >= 0.6 is 24.0 Å². The first kappa shape index (κ1) is 6.53. The van der Waals surface area contributed by atoms with Gasteiger partial charge >= 0.3 is 0 Å². The molecule has 0 bridgehead atoms. The second-order valence-corrected chi connectivity index (χ2v) is 2.32. The maximum absolute atomic E-state index is 4.67. The van der Waals surface area contributed by atoms with Gasteiger partial charge in [0.15, 0.2) is 0 Å². The largest absolute Gasteiger partial charge is 0.338 e. The number of ether oxygens (including phenoxy) is 1. The summed E-state index contributed by atoms with van der Waals surface area (Å²) < 4.78 is 5.43. The Morgan fingerprint density at radius 1 is 1.83 bits per heavy atom. The van der Waals surface area contributed by atoms with Crippen LogP contribution in [0.5, 0.6) is 0 Å². The summed E-state index contributed by atoms with van der Waals surface area (Å²) in [7, 11) is 1.61. The molecule has 0 amide bonds. The zero-order valence-corrected chi connectivity index (χ0v) is 5.59. The molecular weight excluding hydrogens is 116 g/mol. The Kier molecular flexibility index (Phi) is 4.04. The van der Waals surface area contributed by atoms with Gasteiger partial charge < -0.3 is 4.74 Å². The van der Waals surface area contributed by atoms with Gasteiger partial charge in [0.2, 0.25) is 0 Å².